The fraction of sp³-hybridized carbons (Fsp3) is 1.00. The van der Waals surface area contributed by atoms with Crippen LogP contribution in [0.5, 0.6) is 0 Å². The lowest BCUT2D eigenvalue weighted by atomic mass is 9.84. The molecule has 1 unspecified atom stereocenters. The molecular weight excluding hydrogens is 234 g/mol. The molecule has 1 N–H and O–H groups in total. The summed E-state index contributed by atoms with van der Waals surface area (Å²) in [4.78, 5) is 1.89. The smallest absolute Gasteiger partial charge is 0.0925 e. The van der Waals surface area contributed by atoms with Gasteiger partial charge in [-0.05, 0) is 52.4 Å². The number of piperidine rings is 2. The van der Waals surface area contributed by atoms with Crippen molar-refractivity contribution >= 4 is 0 Å². The van der Waals surface area contributed by atoms with Crippen LogP contribution in [0.15, 0.2) is 0 Å². The predicted molar refractivity (Wildman–Crippen MR) is 80.6 cm³/mol. The largest absolute Gasteiger partial charge is 0.375 e. The molecule has 3 atom stereocenters. The van der Waals surface area contributed by atoms with Crippen molar-refractivity contribution in [2.45, 2.75) is 83.8 Å². The lowest BCUT2D eigenvalue weighted by Gasteiger charge is -2.42. The number of hydrogen-bond acceptors (Lipinski definition) is 1. The van der Waals surface area contributed by atoms with Gasteiger partial charge in [-0.1, -0.05) is 19.8 Å². The van der Waals surface area contributed by atoms with E-state index in [1.807, 2.05) is 4.90 Å². The molecule has 0 amide bonds. The Morgan fingerprint density at radius 2 is 1.89 bits per heavy atom. The third-order valence-electron chi connectivity index (χ3n) is 5.25. The Hall–Kier alpha value is -0.0800. The zero-order chi connectivity index (χ0) is 13.7. The summed E-state index contributed by atoms with van der Waals surface area (Å²) in [5.41, 5.74) is 0.0856. The molecule has 2 heteroatoms. The van der Waals surface area contributed by atoms with Gasteiger partial charge in [0.15, 0.2) is 0 Å². The lowest BCUT2D eigenvalue weighted by molar-refractivity contribution is -0.940. The monoisotopic (exact) mass is 268 g/mol. The Balaban J connectivity index is 1.80. The van der Waals surface area contributed by atoms with E-state index in [4.69, 9.17) is 4.74 Å². The van der Waals surface area contributed by atoms with Crippen LogP contribution in [0.3, 0.4) is 0 Å². The Labute approximate surface area is 119 Å². The summed E-state index contributed by atoms with van der Waals surface area (Å²) < 4.78 is 6.31. The summed E-state index contributed by atoms with van der Waals surface area (Å²) in [7, 11) is 0. The molecule has 0 radical (unpaired) electrons. The SMILES string of the molecule is CCCCC(C)(C)OC[C@@H]1CCC[NH+]2CCCC[C@@H]12. The molecule has 2 aliphatic heterocycles. The van der Waals surface area contributed by atoms with Crippen molar-refractivity contribution < 1.29 is 9.64 Å². The minimum atomic E-state index is 0.0856. The second kappa shape index (κ2) is 7.08. The summed E-state index contributed by atoms with van der Waals surface area (Å²) in [6.07, 6.45) is 10.9. The van der Waals surface area contributed by atoms with Crippen molar-refractivity contribution in [1.82, 2.24) is 0 Å². The first kappa shape index (κ1) is 15.3. The summed E-state index contributed by atoms with van der Waals surface area (Å²) >= 11 is 0. The maximum atomic E-state index is 6.31. The van der Waals surface area contributed by atoms with E-state index in [-0.39, 0.29) is 5.60 Å². The van der Waals surface area contributed by atoms with Gasteiger partial charge >= 0.3 is 0 Å². The van der Waals surface area contributed by atoms with Gasteiger partial charge in [0.25, 0.3) is 0 Å². The standard InChI is InChI=1S/C17H33NO/c1-4-5-11-17(2,3)19-14-15-9-8-13-18-12-7-6-10-16(15)18/h15-16H,4-14H2,1-3H3/p+1/t15-,16-/m0/s1. The number of hydrogen-bond donors (Lipinski definition) is 1. The highest BCUT2D eigenvalue weighted by atomic mass is 16.5. The van der Waals surface area contributed by atoms with Gasteiger partial charge in [0.2, 0.25) is 0 Å². The van der Waals surface area contributed by atoms with Gasteiger partial charge in [0.05, 0.1) is 31.3 Å². The van der Waals surface area contributed by atoms with E-state index in [0.29, 0.717) is 0 Å². The second-order valence-electron chi connectivity index (χ2n) is 7.34. The predicted octanol–water partition coefficient (Wildman–Crippen LogP) is 2.82. The van der Waals surface area contributed by atoms with E-state index in [1.54, 1.807) is 0 Å². The number of unbranched alkanes of at least 4 members (excludes halogenated alkanes) is 1. The van der Waals surface area contributed by atoms with Crippen LogP contribution in [0.1, 0.15) is 72.1 Å². The van der Waals surface area contributed by atoms with Crippen molar-refractivity contribution in [3.63, 3.8) is 0 Å². The topological polar surface area (TPSA) is 13.7 Å². The van der Waals surface area contributed by atoms with Gasteiger partial charge in [0, 0.05) is 5.92 Å². The zero-order valence-electron chi connectivity index (χ0n) is 13.3. The normalized spacial score (nSPS) is 32.1. The van der Waals surface area contributed by atoms with Crippen LogP contribution in [-0.2, 0) is 4.74 Å². The van der Waals surface area contributed by atoms with Gasteiger partial charge in [-0.3, -0.25) is 0 Å². The van der Waals surface area contributed by atoms with Crippen LogP contribution in [-0.4, -0.2) is 31.3 Å². The molecule has 0 saturated carbocycles. The molecule has 0 aromatic rings. The highest BCUT2D eigenvalue weighted by Crippen LogP contribution is 2.24. The summed E-state index contributed by atoms with van der Waals surface area (Å²) in [5.74, 6) is 0.824. The van der Waals surface area contributed by atoms with Crippen molar-refractivity contribution in [2.75, 3.05) is 19.7 Å². The first-order chi connectivity index (χ1) is 9.12. The number of ether oxygens (including phenoxy) is 1. The molecule has 2 nitrogen and oxygen atoms in total. The third kappa shape index (κ3) is 4.46. The molecule has 2 fully saturated rings. The quantitative estimate of drug-likeness (QED) is 0.782. The van der Waals surface area contributed by atoms with Gasteiger partial charge in [-0.15, -0.1) is 0 Å². The molecule has 2 saturated heterocycles. The molecule has 0 aromatic heterocycles. The minimum absolute atomic E-state index is 0.0856. The van der Waals surface area contributed by atoms with Crippen LogP contribution >= 0.6 is 0 Å². The van der Waals surface area contributed by atoms with E-state index < -0.39 is 0 Å². The van der Waals surface area contributed by atoms with Crippen LogP contribution in [0.2, 0.25) is 0 Å². The highest BCUT2D eigenvalue weighted by molar-refractivity contribution is 4.77. The summed E-state index contributed by atoms with van der Waals surface area (Å²) in [6, 6.07) is 0.907. The summed E-state index contributed by atoms with van der Waals surface area (Å²) in [5, 5.41) is 0. The Kier molecular flexibility index (Phi) is 5.70. The second-order valence-corrected chi connectivity index (χ2v) is 7.34. The van der Waals surface area contributed by atoms with E-state index in [0.717, 1.165) is 18.6 Å². The average Bonchev–Trinajstić information content (AvgIpc) is 2.43. The zero-order valence-corrected chi connectivity index (χ0v) is 13.3. The molecule has 0 aromatic carbocycles. The van der Waals surface area contributed by atoms with E-state index in [2.05, 4.69) is 20.8 Å². The molecule has 2 aliphatic rings. The Morgan fingerprint density at radius 1 is 1.11 bits per heavy atom. The molecule has 2 rings (SSSR count). The first-order valence-corrected chi connectivity index (χ1v) is 8.61. The molecule has 2 heterocycles. The van der Waals surface area contributed by atoms with E-state index in [9.17, 15) is 0 Å². The van der Waals surface area contributed by atoms with Gasteiger partial charge in [-0.25, -0.2) is 0 Å². The van der Waals surface area contributed by atoms with Crippen molar-refractivity contribution in [3.8, 4) is 0 Å². The highest BCUT2D eigenvalue weighted by Gasteiger charge is 2.37. The van der Waals surface area contributed by atoms with Crippen LogP contribution in [0, 0.1) is 5.92 Å². The fourth-order valence-corrected chi connectivity index (χ4v) is 3.98. The van der Waals surface area contributed by atoms with Gasteiger partial charge in [-0.2, -0.15) is 0 Å². The number of nitrogens with one attached hydrogen (secondary N) is 1. The summed E-state index contributed by atoms with van der Waals surface area (Å²) in [6.45, 7) is 10.7. The van der Waals surface area contributed by atoms with E-state index >= 15 is 0 Å². The number of fused-ring (bicyclic) bond motifs is 1. The number of quaternary nitrogens is 1. The van der Waals surface area contributed by atoms with Gasteiger partial charge < -0.3 is 9.64 Å². The van der Waals surface area contributed by atoms with Crippen molar-refractivity contribution in [1.29, 1.82) is 0 Å². The van der Waals surface area contributed by atoms with Crippen molar-refractivity contribution in [2.24, 2.45) is 5.92 Å². The molecule has 112 valence electrons. The van der Waals surface area contributed by atoms with Crippen molar-refractivity contribution in [3.05, 3.63) is 0 Å². The van der Waals surface area contributed by atoms with Crippen LogP contribution < -0.4 is 4.90 Å². The average molecular weight is 268 g/mol. The molecule has 0 bridgehead atoms. The maximum Gasteiger partial charge on any atom is 0.0925 e. The Bertz CT molecular complexity index is 262. The fourth-order valence-electron chi connectivity index (χ4n) is 3.98. The van der Waals surface area contributed by atoms with Gasteiger partial charge in [0.1, 0.15) is 0 Å². The first-order valence-electron chi connectivity index (χ1n) is 8.61. The molecule has 19 heavy (non-hydrogen) atoms. The molecular formula is C17H34NO+. The lowest BCUT2D eigenvalue weighted by Crippen LogP contribution is -3.18. The van der Waals surface area contributed by atoms with Crippen LogP contribution in [0.4, 0.5) is 0 Å². The third-order valence-corrected chi connectivity index (χ3v) is 5.25. The Morgan fingerprint density at radius 3 is 2.68 bits per heavy atom. The maximum absolute atomic E-state index is 6.31. The van der Waals surface area contributed by atoms with E-state index in [1.165, 1.54) is 64.5 Å². The number of rotatable bonds is 6. The minimum Gasteiger partial charge on any atom is -0.375 e. The molecule has 0 spiro atoms. The molecule has 0 aliphatic carbocycles. The van der Waals surface area contributed by atoms with Crippen LogP contribution in [0.25, 0.3) is 0 Å².